The Hall–Kier alpha value is -4.48. The fourth-order valence-electron chi connectivity index (χ4n) is 4.17. The number of carbonyl (C=O) groups is 3. The van der Waals surface area contributed by atoms with Gasteiger partial charge in [-0.25, -0.2) is 4.39 Å². The summed E-state index contributed by atoms with van der Waals surface area (Å²) in [6, 6.07) is 15.2. The Balaban J connectivity index is 1.56. The number of hydrogen-bond acceptors (Lipinski definition) is 6. The Kier molecular flexibility index (Phi) is 8.12. The first-order chi connectivity index (χ1) is 18.6. The maximum atomic E-state index is 15.3. The molecule has 0 saturated heterocycles. The third-order valence-corrected chi connectivity index (χ3v) is 6.49. The number of nitrogens with zero attached hydrogens (tertiary/aromatic N) is 3. The maximum absolute atomic E-state index is 15.3. The summed E-state index contributed by atoms with van der Waals surface area (Å²) in [6.07, 6.45) is 0. The van der Waals surface area contributed by atoms with Gasteiger partial charge in [-0.05, 0) is 37.3 Å². The topological polar surface area (TPSA) is 157 Å². The van der Waals surface area contributed by atoms with Crippen molar-refractivity contribution in [3.63, 3.8) is 0 Å². The zero-order valence-electron chi connectivity index (χ0n) is 20.9. The van der Waals surface area contributed by atoms with Crippen LogP contribution in [-0.4, -0.2) is 56.7 Å². The van der Waals surface area contributed by atoms with Gasteiger partial charge in [0, 0.05) is 27.2 Å². The van der Waals surface area contributed by atoms with Crippen LogP contribution in [-0.2, 0) is 16.1 Å². The van der Waals surface area contributed by atoms with E-state index in [1.165, 1.54) is 22.9 Å². The summed E-state index contributed by atoms with van der Waals surface area (Å²) in [5, 5.41) is 17.1. The first-order valence-corrected chi connectivity index (χ1v) is 12.3. The molecule has 0 aliphatic rings. The Bertz CT molecular complexity index is 1570. The van der Waals surface area contributed by atoms with Crippen molar-refractivity contribution in [3.8, 4) is 11.1 Å². The molecule has 202 valence electrons. The zero-order valence-corrected chi connectivity index (χ0v) is 21.7. The number of nitrogens with two attached hydrogens (primary N) is 2. The molecule has 1 unspecified atom stereocenters. The lowest BCUT2D eigenvalue weighted by Gasteiger charge is -2.27. The minimum atomic E-state index is -0.794. The second-order valence-electron chi connectivity index (χ2n) is 8.90. The van der Waals surface area contributed by atoms with Crippen LogP contribution in [0.2, 0.25) is 5.02 Å². The van der Waals surface area contributed by atoms with E-state index in [-0.39, 0.29) is 23.5 Å². The molecule has 4 aromatic rings. The van der Waals surface area contributed by atoms with Crippen LogP contribution in [0, 0.1) is 5.82 Å². The fraction of sp³-hybridized carbons (Fsp3) is 0.185. The second kappa shape index (κ2) is 11.5. The number of benzene rings is 3. The highest BCUT2D eigenvalue weighted by Crippen LogP contribution is 2.32. The average Bonchev–Trinajstić information content (AvgIpc) is 3.26. The Morgan fingerprint density at radius 2 is 1.85 bits per heavy atom. The molecule has 0 bridgehead atoms. The van der Waals surface area contributed by atoms with Gasteiger partial charge in [-0.15, -0.1) is 0 Å². The average molecular weight is 553 g/mol. The molecule has 3 amide bonds. The van der Waals surface area contributed by atoms with Crippen LogP contribution in [0.4, 0.5) is 15.8 Å². The summed E-state index contributed by atoms with van der Waals surface area (Å²) < 4.78 is 16.6. The summed E-state index contributed by atoms with van der Waals surface area (Å²) >= 11 is 6.21. The van der Waals surface area contributed by atoms with Crippen molar-refractivity contribution in [2.75, 3.05) is 24.2 Å². The third kappa shape index (κ3) is 5.84. The standard InChI is InChI=1S/C27H26ClFN6O4/c1-15(14-36)34(24(38)13-35-22-10-9-16(30)11-19(22)26(33-35)27(31)39)12-23(37)32-21-8-4-6-18(25(21)29)17-5-2-3-7-20(17)28/h2-11,15,36H,12-14,30H2,1H3,(H2,31,39)(H,32,37). The van der Waals surface area contributed by atoms with Gasteiger partial charge in [0.05, 0.1) is 23.9 Å². The molecule has 1 heterocycles. The lowest BCUT2D eigenvalue weighted by Crippen LogP contribution is -2.46. The first-order valence-electron chi connectivity index (χ1n) is 11.9. The van der Waals surface area contributed by atoms with E-state index in [1.54, 1.807) is 49.4 Å². The van der Waals surface area contributed by atoms with Crippen molar-refractivity contribution in [2.45, 2.75) is 19.5 Å². The SMILES string of the molecule is CC(CO)N(CC(=O)Nc1cccc(-c2ccccc2Cl)c1F)C(=O)Cn1nc(C(N)=O)c2cc(N)ccc21. The number of nitrogen functional groups attached to an aromatic ring is 1. The van der Waals surface area contributed by atoms with E-state index in [0.717, 1.165) is 4.90 Å². The van der Waals surface area contributed by atoms with E-state index in [4.69, 9.17) is 23.1 Å². The van der Waals surface area contributed by atoms with Crippen molar-refractivity contribution in [1.82, 2.24) is 14.7 Å². The van der Waals surface area contributed by atoms with Gasteiger partial charge in [0.1, 0.15) is 13.1 Å². The second-order valence-corrected chi connectivity index (χ2v) is 9.30. The highest BCUT2D eigenvalue weighted by atomic mass is 35.5. The third-order valence-electron chi connectivity index (χ3n) is 6.16. The monoisotopic (exact) mass is 552 g/mol. The van der Waals surface area contributed by atoms with Crippen LogP contribution in [0.3, 0.4) is 0 Å². The lowest BCUT2D eigenvalue weighted by atomic mass is 10.0. The van der Waals surface area contributed by atoms with Crippen LogP contribution in [0.25, 0.3) is 22.0 Å². The first kappa shape index (κ1) is 27.6. The van der Waals surface area contributed by atoms with E-state index < -0.39 is 42.7 Å². The van der Waals surface area contributed by atoms with E-state index in [2.05, 4.69) is 10.4 Å². The van der Waals surface area contributed by atoms with E-state index in [0.29, 0.717) is 27.2 Å². The van der Waals surface area contributed by atoms with E-state index in [9.17, 15) is 19.5 Å². The summed E-state index contributed by atoms with van der Waals surface area (Å²) in [6.45, 7) is 0.283. The minimum absolute atomic E-state index is 0.0570. The normalized spacial score (nSPS) is 11.8. The molecule has 1 atom stereocenters. The molecule has 12 heteroatoms. The molecule has 0 fully saturated rings. The van der Waals surface area contributed by atoms with Gasteiger partial charge >= 0.3 is 0 Å². The van der Waals surface area contributed by atoms with Crippen molar-refractivity contribution < 1.29 is 23.9 Å². The number of primary amides is 1. The van der Waals surface area contributed by atoms with Crippen LogP contribution in [0.5, 0.6) is 0 Å². The van der Waals surface area contributed by atoms with Gasteiger partial charge in [0.25, 0.3) is 5.91 Å². The number of aliphatic hydroxyl groups excluding tert-OH is 1. The van der Waals surface area contributed by atoms with Crippen molar-refractivity contribution >= 4 is 51.6 Å². The maximum Gasteiger partial charge on any atom is 0.269 e. The number of halogens is 2. The molecule has 0 saturated carbocycles. The Labute approximate surface area is 227 Å². The molecular weight excluding hydrogens is 527 g/mol. The van der Waals surface area contributed by atoms with Gasteiger partial charge in [-0.1, -0.05) is 41.9 Å². The number of aromatic nitrogens is 2. The summed E-state index contributed by atoms with van der Waals surface area (Å²) in [4.78, 5) is 39.2. The van der Waals surface area contributed by atoms with E-state index >= 15 is 4.39 Å². The summed E-state index contributed by atoms with van der Waals surface area (Å²) in [5.74, 6) is -2.74. The molecule has 39 heavy (non-hydrogen) atoms. The number of anilines is 2. The molecular formula is C27H26ClFN6O4. The molecule has 0 radical (unpaired) electrons. The van der Waals surface area contributed by atoms with Gasteiger partial charge in [0.2, 0.25) is 11.8 Å². The van der Waals surface area contributed by atoms with Crippen LogP contribution < -0.4 is 16.8 Å². The quantitative estimate of drug-likeness (QED) is 0.234. The minimum Gasteiger partial charge on any atom is -0.399 e. The highest BCUT2D eigenvalue weighted by molar-refractivity contribution is 6.33. The molecule has 1 aromatic heterocycles. The number of nitrogens with one attached hydrogen (secondary N) is 1. The number of rotatable bonds is 9. The van der Waals surface area contributed by atoms with Gasteiger partial charge in [0.15, 0.2) is 11.5 Å². The van der Waals surface area contributed by atoms with E-state index in [1.807, 2.05) is 0 Å². The van der Waals surface area contributed by atoms with Crippen LogP contribution in [0.1, 0.15) is 17.4 Å². The van der Waals surface area contributed by atoms with Crippen molar-refractivity contribution in [3.05, 3.63) is 77.2 Å². The number of amides is 3. The number of carbonyl (C=O) groups excluding carboxylic acids is 3. The van der Waals surface area contributed by atoms with Crippen LogP contribution >= 0.6 is 11.6 Å². The summed E-state index contributed by atoms with van der Waals surface area (Å²) in [5.41, 5.74) is 12.6. The fourth-order valence-corrected chi connectivity index (χ4v) is 4.40. The molecule has 10 nitrogen and oxygen atoms in total. The molecule has 4 rings (SSSR count). The molecule has 6 N–H and O–H groups in total. The van der Waals surface area contributed by atoms with Gasteiger partial charge in [-0.3, -0.25) is 19.1 Å². The molecule has 3 aromatic carbocycles. The van der Waals surface area contributed by atoms with Gasteiger partial charge in [-0.2, -0.15) is 5.10 Å². The predicted molar refractivity (Wildman–Crippen MR) is 146 cm³/mol. The smallest absolute Gasteiger partial charge is 0.269 e. The number of aliphatic hydroxyl groups is 1. The molecule has 0 aliphatic heterocycles. The lowest BCUT2D eigenvalue weighted by molar-refractivity contribution is -0.138. The Morgan fingerprint density at radius 3 is 2.54 bits per heavy atom. The number of fused-ring (bicyclic) bond motifs is 1. The van der Waals surface area contributed by atoms with Crippen LogP contribution in [0.15, 0.2) is 60.7 Å². The van der Waals surface area contributed by atoms with Crippen molar-refractivity contribution in [1.29, 1.82) is 0 Å². The largest absolute Gasteiger partial charge is 0.399 e. The molecule has 0 spiro atoms. The predicted octanol–water partition coefficient (Wildman–Crippen LogP) is 3.03. The zero-order chi connectivity index (χ0) is 28.3. The van der Waals surface area contributed by atoms with Gasteiger partial charge < -0.3 is 26.8 Å². The Morgan fingerprint density at radius 1 is 1.13 bits per heavy atom. The highest BCUT2D eigenvalue weighted by Gasteiger charge is 2.25. The summed E-state index contributed by atoms with van der Waals surface area (Å²) in [7, 11) is 0. The number of hydrogen-bond donors (Lipinski definition) is 4. The van der Waals surface area contributed by atoms with Crippen molar-refractivity contribution in [2.24, 2.45) is 5.73 Å². The molecule has 0 aliphatic carbocycles.